The van der Waals surface area contributed by atoms with E-state index < -0.39 is 66.7 Å². The minimum absolute atomic E-state index is 0.138. The van der Waals surface area contributed by atoms with E-state index in [4.69, 9.17) is 21.7 Å². The topological polar surface area (TPSA) is 247 Å². The molecule has 1 aromatic heterocycles. The number of aromatic amines is 1. The van der Waals surface area contributed by atoms with E-state index in [1.807, 2.05) is 24.3 Å². The summed E-state index contributed by atoms with van der Waals surface area (Å²) in [5, 5.41) is 25.4. The standard InChI is InChI=1S/C23H30N6O8/c24-14(9-12-10-26-15-4-2-1-3-13(12)15)21(35)28-17(5-7-18(25)30)23(37)29-16(6-8-19(31)32)22(36)27-11-20(33)34/h1-4,10,14,16-17,26H,5-9,11,24H2,(H2,25,30)(H,27,36)(H,28,35)(H,29,37)(H,31,32)(H,33,34). The van der Waals surface area contributed by atoms with Gasteiger partial charge in [0.05, 0.1) is 6.04 Å². The molecule has 4 amide bonds. The van der Waals surface area contributed by atoms with E-state index in [1.165, 1.54) is 0 Å². The quantitative estimate of drug-likeness (QED) is 0.134. The van der Waals surface area contributed by atoms with Gasteiger partial charge in [0.1, 0.15) is 18.6 Å². The minimum Gasteiger partial charge on any atom is -0.481 e. The number of carbonyl (C=O) groups excluding carboxylic acids is 4. The van der Waals surface area contributed by atoms with Crippen LogP contribution in [-0.2, 0) is 35.2 Å². The van der Waals surface area contributed by atoms with Crippen molar-refractivity contribution >= 4 is 46.5 Å². The van der Waals surface area contributed by atoms with Crippen molar-refractivity contribution in [3.63, 3.8) is 0 Å². The van der Waals surface area contributed by atoms with Gasteiger partial charge in [-0.2, -0.15) is 0 Å². The number of rotatable bonds is 15. The van der Waals surface area contributed by atoms with Gasteiger partial charge in [-0.05, 0) is 30.9 Å². The Morgan fingerprint density at radius 2 is 1.49 bits per heavy atom. The molecule has 0 aliphatic heterocycles. The molecule has 0 radical (unpaired) electrons. The summed E-state index contributed by atoms with van der Waals surface area (Å²) in [6, 6.07) is 3.61. The number of hydrogen-bond acceptors (Lipinski definition) is 7. The van der Waals surface area contributed by atoms with E-state index in [0.717, 1.165) is 16.5 Å². The second-order valence-electron chi connectivity index (χ2n) is 8.34. The Balaban J connectivity index is 2.12. The van der Waals surface area contributed by atoms with Crippen LogP contribution in [0.3, 0.4) is 0 Å². The molecular formula is C23H30N6O8. The number of carboxylic acids is 2. The van der Waals surface area contributed by atoms with Gasteiger partial charge in [0.2, 0.25) is 23.6 Å². The maximum Gasteiger partial charge on any atom is 0.322 e. The summed E-state index contributed by atoms with van der Waals surface area (Å²) in [5.41, 5.74) is 12.9. The highest BCUT2D eigenvalue weighted by Gasteiger charge is 2.29. The van der Waals surface area contributed by atoms with Crippen LogP contribution in [0.15, 0.2) is 30.5 Å². The Hall–Kier alpha value is -4.46. The molecule has 1 aromatic carbocycles. The number of fused-ring (bicyclic) bond motifs is 1. The molecule has 2 aromatic rings. The number of nitrogens with two attached hydrogens (primary N) is 2. The van der Waals surface area contributed by atoms with Crippen molar-refractivity contribution in [3.8, 4) is 0 Å². The van der Waals surface area contributed by atoms with Crippen molar-refractivity contribution in [2.24, 2.45) is 11.5 Å². The van der Waals surface area contributed by atoms with Crippen molar-refractivity contribution in [2.75, 3.05) is 6.54 Å². The lowest BCUT2D eigenvalue weighted by atomic mass is 10.0. The summed E-state index contributed by atoms with van der Waals surface area (Å²) >= 11 is 0. The molecule has 0 aliphatic rings. The maximum atomic E-state index is 12.9. The number of amides is 4. The first kappa shape index (κ1) is 28.8. The SMILES string of the molecule is NC(=O)CCC(NC(=O)C(N)Cc1c[nH]c2ccccc12)C(=O)NC(CCC(=O)O)C(=O)NCC(=O)O. The lowest BCUT2D eigenvalue weighted by molar-refractivity contribution is -0.140. The largest absolute Gasteiger partial charge is 0.481 e. The predicted octanol–water partition coefficient (Wildman–Crippen LogP) is -1.66. The van der Waals surface area contributed by atoms with E-state index in [1.54, 1.807) is 6.20 Å². The van der Waals surface area contributed by atoms with Gasteiger partial charge in [-0.25, -0.2) is 0 Å². The third-order valence-electron chi connectivity index (χ3n) is 5.46. The number of carbonyl (C=O) groups is 6. The second-order valence-corrected chi connectivity index (χ2v) is 8.34. The highest BCUT2D eigenvalue weighted by molar-refractivity contribution is 5.94. The highest BCUT2D eigenvalue weighted by atomic mass is 16.4. The van der Waals surface area contributed by atoms with Gasteiger partial charge in [-0.1, -0.05) is 18.2 Å². The van der Waals surface area contributed by atoms with E-state index >= 15 is 0 Å². The second kappa shape index (κ2) is 13.6. The normalized spacial score (nSPS) is 13.2. The molecule has 37 heavy (non-hydrogen) atoms. The molecule has 0 spiro atoms. The summed E-state index contributed by atoms with van der Waals surface area (Å²) < 4.78 is 0. The van der Waals surface area contributed by atoms with Gasteiger partial charge in [-0.15, -0.1) is 0 Å². The lowest BCUT2D eigenvalue weighted by Crippen LogP contribution is -2.56. The number of aromatic nitrogens is 1. The van der Waals surface area contributed by atoms with Gasteiger partial charge in [-0.3, -0.25) is 28.8 Å². The van der Waals surface area contributed by atoms with Gasteiger partial charge >= 0.3 is 11.9 Å². The molecule has 14 nitrogen and oxygen atoms in total. The third kappa shape index (κ3) is 9.25. The molecule has 200 valence electrons. The highest BCUT2D eigenvalue weighted by Crippen LogP contribution is 2.18. The van der Waals surface area contributed by atoms with Crippen LogP contribution >= 0.6 is 0 Å². The van der Waals surface area contributed by atoms with Crippen LogP contribution in [0.25, 0.3) is 10.9 Å². The molecule has 1 heterocycles. The number of aliphatic carboxylic acids is 2. The van der Waals surface area contributed by atoms with Crippen LogP contribution < -0.4 is 27.4 Å². The van der Waals surface area contributed by atoms with E-state index in [9.17, 15) is 28.8 Å². The summed E-state index contributed by atoms with van der Waals surface area (Å²) in [5.74, 6) is -5.84. The molecule has 2 rings (SSSR count). The average molecular weight is 519 g/mol. The first-order valence-corrected chi connectivity index (χ1v) is 11.4. The number of H-pyrrole nitrogens is 1. The number of primary amides is 1. The van der Waals surface area contributed by atoms with Crippen LogP contribution in [0, 0.1) is 0 Å². The predicted molar refractivity (Wildman–Crippen MR) is 130 cm³/mol. The van der Waals surface area contributed by atoms with Gasteiger partial charge in [0.25, 0.3) is 0 Å². The molecular weight excluding hydrogens is 488 g/mol. The molecule has 0 aliphatic carbocycles. The van der Waals surface area contributed by atoms with Crippen LogP contribution in [0.4, 0.5) is 0 Å². The molecule has 0 saturated heterocycles. The Morgan fingerprint density at radius 1 is 0.865 bits per heavy atom. The van der Waals surface area contributed by atoms with E-state index in [0.29, 0.717) is 0 Å². The maximum absolute atomic E-state index is 12.9. The molecule has 3 atom stereocenters. The van der Waals surface area contributed by atoms with Crippen molar-refractivity contribution in [1.82, 2.24) is 20.9 Å². The monoisotopic (exact) mass is 518 g/mol. The summed E-state index contributed by atoms with van der Waals surface area (Å²) in [6.07, 6.45) is 0.523. The fourth-order valence-electron chi connectivity index (χ4n) is 3.56. The Kier molecular flexibility index (Phi) is 10.6. The first-order valence-electron chi connectivity index (χ1n) is 11.4. The van der Waals surface area contributed by atoms with Gasteiger partial charge in [0.15, 0.2) is 0 Å². The number of nitrogens with one attached hydrogen (secondary N) is 4. The van der Waals surface area contributed by atoms with Gasteiger partial charge in [0, 0.05) is 29.9 Å². The Labute approximate surface area is 211 Å². The fourth-order valence-corrected chi connectivity index (χ4v) is 3.56. The number of para-hydroxylation sites is 1. The number of carboxylic acid groups (broad SMARTS) is 2. The molecule has 10 N–H and O–H groups in total. The van der Waals surface area contributed by atoms with E-state index in [-0.39, 0.29) is 25.7 Å². The van der Waals surface area contributed by atoms with Crippen molar-refractivity contribution in [2.45, 2.75) is 50.2 Å². The molecule has 0 fully saturated rings. The zero-order valence-electron chi connectivity index (χ0n) is 19.9. The Morgan fingerprint density at radius 3 is 2.14 bits per heavy atom. The Bertz CT molecular complexity index is 1160. The summed E-state index contributed by atoms with van der Waals surface area (Å²) in [4.78, 5) is 74.2. The van der Waals surface area contributed by atoms with Gasteiger partial charge < -0.3 is 42.6 Å². The van der Waals surface area contributed by atoms with Crippen LogP contribution in [0.5, 0.6) is 0 Å². The summed E-state index contributed by atoms with van der Waals surface area (Å²) in [7, 11) is 0. The first-order chi connectivity index (χ1) is 17.5. The zero-order valence-corrected chi connectivity index (χ0v) is 19.9. The zero-order chi connectivity index (χ0) is 27.5. The smallest absolute Gasteiger partial charge is 0.322 e. The van der Waals surface area contributed by atoms with Crippen molar-refractivity contribution in [3.05, 3.63) is 36.0 Å². The molecule has 3 unspecified atom stereocenters. The van der Waals surface area contributed by atoms with E-state index in [2.05, 4.69) is 20.9 Å². The van der Waals surface area contributed by atoms with Crippen LogP contribution in [0.2, 0.25) is 0 Å². The third-order valence-corrected chi connectivity index (χ3v) is 5.46. The molecule has 14 heteroatoms. The molecule has 0 saturated carbocycles. The van der Waals surface area contributed by atoms with Crippen LogP contribution in [0.1, 0.15) is 31.2 Å². The number of benzene rings is 1. The van der Waals surface area contributed by atoms with Crippen molar-refractivity contribution in [1.29, 1.82) is 0 Å². The summed E-state index contributed by atoms with van der Waals surface area (Å²) in [6.45, 7) is -0.747. The molecule has 0 bridgehead atoms. The van der Waals surface area contributed by atoms with Crippen LogP contribution in [-0.4, -0.2) is 75.4 Å². The fraction of sp³-hybridized carbons (Fsp3) is 0.391. The lowest BCUT2D eigenvalue weighted by Gasteiger charge is -2.23. The minimum atomic E-state index is -1.41. The number of hydrogen-bond donors (Lipinski definition) is 8. The van der Waals surface area contributed by atoms with Crippen molar-refractivity contribution < 1.29 is 39.0 Å². The average Bonchev–Trinajstić information content (AvgIpc) is 3.24.